The normalized spacial score (nSPS) is 16.9. The van der Waals surface area contributed by atoms with Gasteiger partial charge in [0.15, 0.2) is 0 Å². The summed E-state index contributed by atoms with van der Waals surface area (Å²) in [4.78, 5) is 17.1. The lowest BCUT2D eigenvalue weighted by Gasteiger charge is -2.32. The third-order valence-electron chi connectivity index (χ3n) is 3.07. The van der Waals surface area contributed by atoms with Crippen LogP contribution in [0.2, 0.25) is 5.02 Å². The van der Waals surface area contributed by atoms with E-state index in [9.17, 15) is 4.79 Å². The molecule has 0 atom stereocenters. The summed E-state index contributed by atoms with van der Waals surface area (Å²) in [6, 6.07) is 2.14. The Balaban J connectivity index is 1.90. The van der Waals surface area contributed by atoms with Gasteiger partial charge in [-0.3, -0.25) is 9.78 Å². The summed E-state index contributed by atoms with van der Waals surface area (Å²) in [6.07, 6.45) is 5.31. The van der Waals surface area contributed by atoms with E-state index >= 15 is 0 Å². The molecule has 0 spiro atoms. The van der Waals surface area contributed by atoms with Gasteiger partial charge in [-0.1, -0.05) is 11.6 Å². The fourth-order valence-corrected chi connectivity index (χ4v) is 2.20. The highest BCUT2D eigenvalue weighted by Crippen LogP contribution is 2.22. The van der Waals surface area contributed by atoms with Crippen molar-refractivity contribution in [3.05, 3.63) is 23.5 Å². The number of likely N-dealkylation sites (tertiary alicyclic amines) is 1. The summed E-state index contributed by atoms with van der Waals surface area (Å²) in [5, 5.41) is 4.07. The topological polar surface area (TPSA) is 45.2 Å². The molecule has 1 aromatic rings. The number of carbonyl (C=O) groups is 1. The second-order valence-electron chi connectivity index (χ2n) is 4.28. The number of rotatable bonds is 2. The van der Waals surface area contributed by atoms with E-state index < -0.39 is 0 Å². The average molecular weight is 254 g/mol. The van der Waals surface area contributed by atoms with Crippen molar-refractivity contribution < 1.29 is 4.79 Å². The molecule has 0 aromatic carbocycles. The zero-order valence-electron chi connectivity index (χ0n) is 9.82. The maximum Gasteiger partial charge on any atom is 0.219 e. The number of piperidine rings is 1. The SMILES string of the molecule is CC(=O)N1CCC(Nc2cnccc2Cl)CC1. The number of nitrogens with one attached hydrogen (secondary N) is 1. The highest BCUT2D eigenvalue weighted by atomic mass is 35.5. The molecule has 0 saturated carbocycles. The fourth-order valence-electron chi connectivity index (χ4n) is 2.04. The zero-order chi connectivity index (χ0) is 12.3. The van der Waals surface area contributed by atoms with Gasteiger partial charge in [0.05, 0.1) is 16.9 Å². The van der Waals surface area contributed by atoms with Gasteiger partial charge in [0.1, 0.15) is 0 Å². The van der Waals surface area contributed by atoms with Gasteiger partial charge in [-0.2, -0.15) is 0 Å². The molecule has 1 aliphatic heterocycles. The second-order valence-corrected chi connectivity index (χ2v) is 4.69. The van der Waals surface area contributed by atoms with E-state index in [0.29, 0.717) is 11.1 Å². The smallest absolute Gasteiger partial charge is 0.219 e. The Morgan fingerprint density at radius 3 is 2.82 bits per heavy atom. The minimum Gasteiger partial charge on any atom is -0.380 e. The summed E-state index contributed by atoms with van der Waals surface area (Å²) in [7, 11) is 0. The molecule has 1 fully saturated rings. The monoisotopic (exact) mass is 253 g/mol. The third-order valence-corrected chi connectivity index (χ3v) is 3.40. The van der Waals surface area contributed by atoms with Crippen LogP contribution in [0, 0.1) is 0 Å². The van der Waals surface area contributed by atoms with E-state index in [1.54, 1.807) is 25.4 Å². The fraction of sp³-hybridized carbons (Fsp3) is 0.500. The Morgan fingerprint density at radius 2 is 2.24 bits per heavy atom. The van der Waals surface area contributed by atoms with Crippen LogP contribution in [0.1, 0.15) is 19.8 Å². The van der Waals surface area contributed by atoms with E-state index in [4.69, 9.17) is 11.6 Å². The van der Waals surface area contributed by atoms with E-state index in [0.717, 1.165) is 31.6 Å². The van der Waals surface area contributed by atoms with Gasteiger partial charge in [0, 0.05) is 32.3 Å². The number of hydrogen-bond acceptors (Lipinski definition) is 3. The van der Waals surface area contributed by atoms with Crippen LogP contribution in [0.15, 0.2) is 18.5 Å². The molecule has 92 valence electrons. The van der Waals surface area contributed by atoms with Crippen LogP contribution in [0.5, 0.6) is 0 Å². The Bertz CT molecular complexity index is 402. The van der Waals surface area contributed by atoms with Crippen molar-refractivity contribution in [2.45, 2.75) is 25.8 Å². The molecular formula is C12H16ClN3O. The van der Waals surface area contributed by atoms with Gasteiger partial charge in [0.25, 0.3) is 0 Å². The van der Waals surface area contributed by atoms with Gasteiger partial charge in [-0.15, -0.1) is 0 Å². The van der Waals surface area contributed by atoms with Crippen LogP contribution in [-0.2, 0) is 4.79 Å². The predicted octanol–water partition coefficient (Wildman–Crippen LogP) is 2.16. The molecule has 1 N–H and O–H groups in total. The molecule has 4 nitrogen and oxygen atoms in total. The molecule has 0 aliphatic carbocycles. The standard InChI is InChI=1S/C12H16ClN3O/c1-9(17)16-6-3-10(4-7-16)15-12-8-14-5-2-11(12)13/h2,5,8,10,15H,3-4,6-7H2,1H3. The van der Waals surface area contributed by atoms with Crippen LogP contribution in [0.4, 0.5) is 5.69 Å². The minimum absolute atomic E-state index is 0.155. The minimum atomic E-state index is 0.155. The molecule has 0 radical (unpaired) electrons. The van der Waals surface area contributed by atoms with Gasteiger partial charge in [-0.25, -0.2) is 0 Å². The van der Waals surface area contributed by atoms with Crippen LogP contribution in [0.25, 0.3) is 0 Å². The van der Waals surface area contributed by atoms with Gasteiger partial charge >= 0.3 is 0 Å². The molecule has 17 heavy (non-hydrogen) atoms. The molecule has 5 heteroatoms. The van der Waals surface area contributed by atoms with Crippen LogP contribution < -0.4 is 5.32 Å². The highest BCUT2D eigenvalue weighted by molar-refractivity contribution is 6.33. The van der Waals surface area contributed by atoms with E-state index in [-0.39, 0.29) is 5.91 Å². The molecule has 1 aromatic heterocycles. The Hall–Kier alpha value is -1.29. The number of anilines is 1. The van der Waals surface area contributed by atoms with Gasteiger partial charge in [-0.05, 0) is 18.9 Å². The Labute approximate surface area is 106 Å². The summed E-state index contributed by atoms with van der Waals surface area (Å²) in [6.45, 7) is 3.24. The van der Waals surface area contributed by atoms with Crippen molar-refractivity contribution in [3.63, 3.8) is 0 Å². The van der Waals surface area contributed by atoms with E-state index in [2.05, 4.69) is 10.3 Å². The van der Waals surface area contributed by atoms with E-state index in [1.165, 1.54) is 0 Å². The highest BCUT2D eigenvalue weighted by Gasteiger charge is 2.20. The van der Waals surface area contributed by atoms with Crippen LogP contribution in [0.3, 0.4) is 0 Å². The first kappa shape index (κ1) is 12.2. The summed E-state index contributed by atoms with van der Waals surface area (Å²) in [5.41, 5.74) is 0.871. The Kier molecular flexibility index (Phi) is 3.84. The number of nitrogens with zero attached hydrogens (tertiary/aromatic N) is 2. The molecule has 1 amide bonds. The largest absolute Gasteiger partial charge is 0.380 e. The maximum absolute atomic E-state index is 11.2. The lowest BCUT2D eigenvalue weighted by atomic mass is 10.0. The number of aromatic nitrogens is 1. The molecule has 1 aliphatic rings. The Morgan fingerprint density at radius 1 is 1.53 bits per heavy atom. The van der Waals surface area contributed by atoms with Crippen LogP contribution in [-0.4, -0.2) is 34.9 Å². The van der Waals surface area contributed by atoms with Crippen molar-refractivity contribution in [1.82, 2.24) is 9.88 Å². The van der Waals surface area contributed by atoms with Crippen molar-refractivity contribution in [1.29, 1.82) is 0 Å². The lowest BCUT2D eigenvalue weighted by molar-refractivity contribution is -0.129. The van der Waals surface area contributed by atoms with Crippen molar-refractivity contribution in [2.24, 2.45) is 0 Å². The summed E-state index contributed by atoms with van der Waals surface area (Å²) >= 11 is 6.06. The number of halogens is 1. The molecular weight excluding hydrogens is 238 g/mol. The van der Waals surface area contributed by atoms with Gasteiger partial charge < -0.3 is 10.2 Å². The van der Waals surface area contributed by atoms with E-state index in [1.807, 2.05) is 4.90 Å². The van der Waals surface area contributed by atoms with Crippen molar-refractivity contribution in [2.75, 3.05) is 18.4 Å². The first-order chi connectivity index (χ1) is 8.16. The predicted molar refractivity (Wildman–Crippen MR) is 68.1 cm³/mol. The average Bonchev–Trinajstić information content (AvgIpc) is 2.33. The summed E-state index contributed by atoms with van der Waals surface area (Å²) < 4.78 is 0. The zero-order valence-corrected chi connectivity index (χ0v) is 10.6. The summed E-state index contributed by atoms with van der Waals surface area (Å²) in [5.74, 6) is 0.155. The van der Waals surface area contributed by atoms with Gasteiger partial charge in [0.2, 0.25) is 5.91 Å². The first-order valence-electron chi connectivity index (χ1n) is 5.78. The quantitative estimate of drug-likeness (QED) is 0.879. The molecule has 0 unspecified atom stereocenters. The molecule has 2 rings (SSSR count). The lowest BCUT2D eigenvalue weighted by Crippen LogP contribution is -2.41. The molecule has 1 saturated heterocycles. The number of pyridine rings is 1. The van der Waals surface area contributed by atoms with Crippen molar-refractivity contribution in [3.8, 4) is 0 Å². The molecule has 2 heterocycles. The number of hydrogen-bond donors (Lipinski definition) is 1. The number of amides is 1. The number of carbonyl (C=O) groups excluding carboxylic acids is 1. The molecule has 0 bridgehead atoms. The first-order valence-corrected chi connectivity index (χ1v) is 6.16. The third kappa shape index (κ3) is 3.09. The van der Waals surface area contributed by atoms with Crippen LogP contribution >= 0.6 is 11.6 Å². The maximum atomic E-state index is 11.2. The second kappa shape index (κ2) is 5.36. The van der Waals surface area contributed by atoms with Crippen molar-refractivity contribution >= 4 is 23.2 Å².